The van der Waals surface area contributed by atoms with Crippen LogP contribution in [0.2, 0.25) is 0 Å². The van der Waals surface area contributed by atoms with E-state index in [1.807, 2.05) is 85.1 Å². The van der Waals surface area contributed by atoms with Gasteiger partial charge < -0.3 is 9.88 Å². The number of likely N-dealkylation sites (N-methyl/N-ethyl adjacent to an activating group) is 1. The predicted octanol–water partition coefficient (Wildman–Crippen LogP) is 3.11. The molecule has 1 aromatic heterocycles. The zero-order valence-corrected chi connectivity index (χ0v) is 15.3. The van der Waals surface area contributed by atoms with Crippen molar-refractivity contribution in [1.29, 1.82) is 0 Å². The number of aryl methyl sites for hydroxylation is 1. The lowest BCUT2D eigenvalue weighted by atomic mass is 10.0. The molecule has 0 aliphatic rings. The summed E-state index contributed by atoms with van der Waals surface area (Å²) >= 11 is 0. The summed E-state index contributed by atoms with van der Waals surface area (Å²) < 4.78 is 1.86. The molecule has 1 unspecified atom stereocenters. The lowest BCUT2D eigenvalue weighted by Gasteiger charge is -2.26. The normalized spacial score (nSPS) is 12.2. The van der Waals surface area contributed by atoms with Crippen LogP contribution in [0.5, 0.6) is 0 Å². The van der Waals surface area contributed by atoms with Crippen molar-refractivity contribution in [2.24, 2.45) is 7.05 Å². The fourth-order valence-corrected chi connectivity index (χ4v) is 2.88. The van der Waals surface area contributed by atoms with Gasteiger partial charge in [-0.25, -0.2) is 0 Å². The van der Waals surface area contributed by atoms with Crippen LogP contribution >= 0.6 is 0 Å². The minimum atomic E-state index is -0.334. The van der Waals surface area contributed by atoms with E-state index in [4.69, 9.17) is 0 Å². The topological polar surface area (TPSA) is 63.1 Å². The number of nitrogens with zero attached hydrogens (tertiary/aromatic N) is 4. The zero-order valence-electron chi connectivity index (χ0n) is 15.3. The van der Waals surface area contributed by atoms with Gasteiger partial charge in [-0.1, -0.05) is 37.3 Å². The van der Waals surface area contributed by atoms with Gasteiger partial charge in [0.05, 0.1) is 0 Å². The van der Waals surface area contributed by atoms with Crippen LogP contribution < -0.4 is 5.32 Å². The highest BCUT2D eigenvalue weighted by Gasteiger charge is 2.24. The van der Waals surface area contributed by atoms with Crippen molar-refractivity contribution in [2.45, 2.75) is 13.0 Å². The van der Waals surface area contributed by atoms with E-state index in [0.717, 1.165) is 29.2 Å². The number of amides is 1. The number of rotatable bonds is 6. The fraction of sp³-hybridized carbons (Fsp3) is 0.250. The molecule has 1 amide bonds. The highest BCUT2D eigenvalue weighted by Crippen LogP contribution is 2.23. The molecule has 3 rings (SSSR count). The molecule has 0 bridgehead atoms. The zero-order chi connectivity index (χ0) is 18.5. The van der Waals surface area contributed by atoms with Crippen molar-refractivity contribution >= 4 is 11.6 Å². The Morgan fingerprint density at radius 2 is 1.85 bits per heavy atom. The molecule has 134 valence electrons. The number of carbonyl (C=O) groups is 1. The van der Waals surface area contributed by atoms with Crippen LogP contribution in [0, 0.1) is 0 Å². The molecule has 2 aromatic carbocycles. The van der Waals surface area contributed by atoms with Gasteiger partial charge in [-0.15, -0.1) is 10.2 Å². The standard InChI is InChI=1S/C20H23N5O/c1-4-24(2)18(15-8-6-5-7-9-15)20(26)22-17-12-10-16(11-13-17)19-23-21-14-25(19)3/h5-14,18H,4H2,1-3H3,(H,22,26). The summed E-state index contributed by atoms with van der Waals surface area (Å²) in [6.45, 7) is 2.82. The number of nitrogens with one attached hydrogen (secondary N) is 1. The molecule has 26 heavy (non-hydrogen) atoms. The predicted molar refractivity (Wildman–Crippen MR) is 103 cm³/mol. The summed E-state index contributed by atoms with van der Waals surface area (Å²) in [7, 11) is 3.85. The van der Waals surface area contributed by atoms with Gasteiger partial charge in [-0.2, -0.15) is 0 Å². The first-order valence-electron chi connectivity index (χ1n) is 8.60. The lowest BCUT2D eigenvalue weighted by Crippen LogP contribution is -2.34. The molecular formula is C20H23N5O. The molecule has 0 radical (unpaired) electrons. The molecular weight excluding hydrogens is 326 g/mol. The summed E-state index contributed by atoms with van der Waals surface area (Å²) in [5.74, 6) is 0.739. The van der Waals surface area contributed by atoms with Crippen molar-refractivity contribution < 1.29 is 4.79 Å². The third kappa shape index (κ3) is 3.81. The van der Waals surface area contributed by atoms with Gasteiger partial charge in [0.25, 0.3) is 0 Å². The molecule has 1 atom stereocenters. The number of aromatic nitrogens is 3. The van der Waals surface area contributed by atoms with Crippen LogP contribution in [0.15, 0.2) is 60.9 Å². The quantitative estimate of drug-likeness (QED) is 0.743. The third-order valence-electron chi connectivity index (χ3n) is 4.43. The minimum Gasteiger partial charge on any atom is -0.324 e. The SMILES string of the molecule is CCN(C)C(C(=O)Nc1ccc(-c2nncn2C)cc1)c1ccccc1. The van der Waals surface area contributed by atoms with Crippen molar-refractivity contribution in [3.63, 3.8) is 0 Å². The van der Waals surface area contributed by atoms with Gasteiger partial charge in [0.1, 0.15) is 12.4 Å². The van der Waals surface area contributed by atoms with E-state index >= 15 is 0 Å². The maximum atomic E-state index is 12.9. The Bertz CT molecular complexity index is 857. The molecule has 1 heterocycles. The van der Waals surface area contributed by atoms with Crippen molar-refractivity contribution in [3.8, 4) is 11.4 Å². The molecule has 0 aliphatic carbocycles. The van der Waals surface area contributed by atoms with Crippen molar-refractivity contribution in [1.82, 2.24) is 19.7 Å². The van der Waals surface area contributed by atoms with Gasteiger partial charge in [-0.3, -0.25) is 9.69 Å². The van der Waals surface area contributed by atoms with E-state index < -0.39 is 0 Å². The van der Waals surface area contributed by atoms with Crippen LogP contribution in [-0.2, 0) is 11.8 Å². The second kappa shape index (κ2) is 7.93. The number of carbonyl (C=O) groups excluding carboxylic acids is 1. The summed E-state index contributed by atoms with van der Waals surface area (Å²) in [4.78, 5) is 14.9. The Balaban J connectivity index is 1.78. The van der Waals surface area contributed by atoms with E-state index in [2.05, 4.69) is 15.5 Å². The maximum Gasteiger partial charge on any atom is 0.246 e. The van der Waals surface area contributed by atoms with Gasteiger partial charge in [0.2, 0.25) is 5.91 Å². The lowest BCUT2D eigenvalue weighted by molar-refractivity contribution is -0.121. The number of hydrogen-bond donors (Lipinski definition) is 1. The molecule has 1 N–H and O–H groups in total. The Morgan fingerprint density at radius 3 is 2.42 bits per heavy atom. The van der Waals surface area contributed by atoms with E-state index in [1.54, 1.807) is 6.33 Å². The largest absolute Gasteiger partial charge is 0.324 e. The summed E-state index contributed by atoms with van der Waals surface area (Å²) in [6, 6.07) is 17.1. The molecule has 0 saturated heterocycles. The average molecular weight is 349 g/mol. The molecule has 3 aromatic rings. The first kappa shape index (κ1) is 17.8. The molecule has 0 fully saturated rings. The van der Waals surface area contributed by atoms with Crippen LogP contribution in [0.4, 0.5) is 5.69 Å². The number of benzene rings is 2. The highest BCUT2D eigenvalue weighted by atomic mass is 16.2. The van der Waals surface area contributed by atoms with Gasteiger partial charge in [0.15, 0.2) is 5.82 Å². The summed E-state index contributed by atoms with van der Waals surface area (Å²) in [5, 5.41) is 11.0. The van der Waals surface area contributed by atoms with Gasteiger partial charge in [0, 0.05) is 18.3 Å². The van der Waals surface area contributed by atoms with E-state index in [1.165, 1.54) is 0 Å². The number of hydrogen-bond acceptors (Lipinski definition) is 4. The molecule has 6 nitrogen and oxygen atoms in total. The molecule has 0 spiro atoms. The first-order chi connectivity index (χ1) is 12.6. The summed E-state index contributed by atoms with van der Waals surface area (Å²) in [5.41, 5.74) is 2.68. The monoisotopic (exact) mass is 349 g/mol. The second-order valence-electron chi connectivity index (χ2n) is 6.22. The fourth-order valence-electron chi connectivity index (χ4n) is 2.88. The summed E-state index contributed by atoms with van der Waals surface area (Å²) in [6.07, 6.45) is 1.66. The van der Waals surface area contributed by atoms with Crippen LogP contribution in [0.25, 0.3) is 11.4 Å². The van der Waals surface area contributed by atoms with Crippen molar-refractivity contribution in [3.05, 3.63) is 66.5 Å². The van der Waals surface area contributed by atoms with Crippen LogP contribution in [-0.4, -0.2) is 39.2 Å². The van der Waals surface area contributed by atoms with Crippen molar-refractivity contribution in [2.75, 3.05) is 18.9 Å². The Labute approximate surface area is 153 Å². The third-order valence-corrected chi connectivity index (χ3v) is 4.43. The number of anilines is 1. The van der Waals surface area contributed by atoms with Gasteiger partial charge >= 0.3 is 0 Å². The van der Waals surface area contributed by atoms with E-state index in [9.17, 15) is 4.79 Å². The van der Waals surface area contributed by atoms with E-state index in [0.29, 0.717) is 0 Å². The first-order valence-corrected chi connectivity index (χ1v) is 8.60. The highest BCUT2D eigenvalue weighted by molar-refractivity contribution is 5.95. The second-order valence-corrected chi connectivity index (χ2v) is 6.22. The maximum absolute atomic E-state index is 12.9. The molecule has 0 aliphatic heterocycles. The van der Waals surface area contributed by atoms with Crippen LogP contribution in [0.3, 0.4) is 0 Å². The Hall–Kier alpha value is -2.99. The minimum absolute atomic E-state index is 0.0491. The van der Waals surface area contributed by atoms with Crippen LogP contribution in [0.1, 0.15) is 18.5 Å². The average Bonchev–Trinajstić information content (AvgIpc) is 3.09. The Morgan fingerprint density at radius 1 is 1.15 bits per heavy atom. The van der Waals surface area contributed by atoms with Gasteiger partial charge in [-0.05, 0) is 43.4 Å². The molecule has 0 saturated carbocycles. The smallest absolute Gasteiger partial charge is 0.246 e. The Kier molecular flexibility index (Phi) is 5.43. The van der Waals surface area contributed by atoms with E-state index in [-0.39, 0.29) is 11.9 Å². The molecule has 6 heteroatoms.